The van der Waals surface area contributed by atoms with Gasteiger partial charge < -0.3 is 0 Å². The number of hydrogen-bond donors (Lipinski definition) is 2. The first-order chi connectivity index (χ1) is 3.84. The average molecular weight is 229 g/mol. The van der Waals surface area contributed by atoms with Crippen molar-refractivity contribution in [3.05, 3.63) is 0 Å². The summed E-state index contributed by atoms with van der Waals surface area (Å²) in [6.07, 6.45) is 2.00. The summed E-state index contributed by atoms with van der Waals surface area (Å²) in [5, 5.41) is 8.95. The number of alkyl halides is 1. The molecule has 50 valence electrons. The van der Waals surface area contributed by atoms with E-state index in [9.17, 15) is 0 Å². The minimum absolute atomic E-state index is 0.0816. The second kappa shape index (κ2) is 2.98. The molecule has 0 bridgehead atoms. The normalized spacial score (nSPS) is 37.2. The molecule has 1 aliphatic carbocycles. The first kappa shape index (κ1) is 6.77. The van der Waals surface area contributed by atoms with Gasteiger partial charge in [-0.1, -0.05) is 0 Å². The van der Waals surface area contributed by atoms with E-state index in [1.807, 2.05) is 0 Å². The van der Waals surface area contributed by atoms with Gasteiger partial charge in [0.2, 0.25) is 0 Å². The third kappa shape index (κ3) is 1.33. The van der Waals surface area contributed by atoms with E-state index < -0.39 is 21.6 Å². The van der Waals surface area contributed by atoms with Gasteiger partial charge in [0.1, 0.15) is 0 Å². The molecule has 0 unspecified atom stereocenters. The van der Waals surface area contributed by atoms with Crippen molar-refractivity contribution in [3.8, 4) is 0 Å². The van der Waals surface area contributed by atoms with Crippen molar-refractivity contribution in [1.82, 2.24) is 0 Å². The van der Waals surface area contributed by atoms with E-state index in [1.165, 1.54) is 0 Å². The fourth-order valence-corrected chi connectivity index (χ4v) is 2.35. The van der Waals surface area contributed by atoms with E-state index in [1.54, 1.807) is 0 Å². The van der Waals surface area contributed by atoms with Crippen LogP contribution in [-0.4, -0.2) is 19.1 Å². The van der Waals surface area contributed by atoms with E-state index >= 15 is 0 Å². The van der Waals surface area contributed by atoms with Gasteiger partial charge in [0, 0.05) is 0 Å². The van der Waals surface area contributed by atoms with Gasteiger partial charge in [0.05, 0.1) is 0 Å². The van der Waals surface area contributed by atoms with E-state index in [-0.39, 0.29) is 6.10 Å². The molecule has 0 heterocycles. The van der Waals surface area contributed by atoms with Crippen molar-refractivity contribution < 1.29 is 30.2 Å². The van der Waals surface area contributed by atoms with Crippen LogP contribution in [0.1, 0.15) is 12.8 Å². The Labute approximate surface area is 59.7 Å². The molecular formula is C5H10IO2-. The number of rotatable bonds is 2. The molecule has 0 aromatic heterocycles. The van der Waals surface area contributed by atoms with E-state index in [0.717, 1.165) is 17.3 Å². The molecule has 2 N–H and O–H groups in total. The molecule has 0 radical (unpaired) electrons. The molecule has 8 heavy (non-hydrogen) atoms. The summed E-state index contributed by atoms with van der Waals surface area (Å²) in [4.78, 5) is 0. The Morgan fingerprint density at radius 2 is 2.25 bits per heavy atom. The molecule has 2 atom stereocenters. The van der Waals surface area contributed by atoms with Crippen LogP contribution in [-0.2, 0) is 0 Å². The van der Waals surface area contributed by atoms with Crippen LogP contribution in [0.3, 0.4) is 0 Å². The number of aliphatic hydroxyl groups excluding tert-OH is 1. The fourth-order valence-electron chi connectivity index (χ4n) is 0.820. The maximum atomic E-state index is 8.95. The average Bonchev–Trinajstić information content (AvgIpc) is 1.79. The molecule has 0 saturated heterocycles. The van der Waals surface area contributed by atoms with Gasteiger partial charge in [-0.05, 0) is 0 Å². The van der Waals surface area contributed by atoms with Crippen LogP contribution in [0, 0.1) is 5.92 Å². The van der Waals surface area contributed by atoms with Crippen LogP contribution in [0.5, 0.6) is 0 Å². The summed E-state index contributed by atoms with van der Waals surface area (Å²) in [5.41, 5.74) is 0. The van der Waals surface area contributed by atoms with E-state index in [2.05, 4.69) is 0 Å². The van der Waals surface area contributed by atoms with Crippen molar-refractivity contribution in [2.24, 2.45) is 5.92 Å². The summed E-state index contributed by atoms with van der Waals surface area (Å²) < 4.78 is 9.41. The van der Waals surface area contributed by atoms with E-state index in [4.69, 9.17) is 8.54 Å². The van der Waals surface area contributed by atoms with Crippen molar-refractivity contribution in [3.63, 3.8) is 0 Å². The molecule has 1 fully saturated rings. The molecule has 3 heteroatoms. The summed E-state index contributed by atoms with van der Waals surface area (Å²) in [5.74, 6) is 0.452. The van der Waals surface area contributed by atoms with Gasteiger partial charge >= 0.3 is 59.5 Å². The number of aliphatic hydroxyl groups is 1. The molecule has 2 nitrogen and oxygen atoms in total. The summed E-state index contributed by atoms with van der Waals surface area (Å²) in [6, 6.07) is 0. The Bertz CT molecular complexity index is 76.8. The zero-order chi connectivity index (χ0) is 5.98. The molecule has 0 aromatic rings. The SMILES string of the molecule is O[I-]C[C@H]1CC[C@H]1O. The zero-order valence-corrected chi connectivity index (χ0v) is 6.71. The Morgan fingerprint density at radius 3 is 2.38 bits per heavy atom. The van der Waals surface area contributed by atoms with Gasteiger partial charge in [-0.2, -0.15) is 0 Å². The second-order valence-electron chi connectivity index (χ2n) is 2.18. The Hall–Kier alpha value is 0.650. The molecule has 0 aromatic carbocycles. The minimum atomic E-state index is -0.575. The van der Waals surface area contributed by atoms with Crippen molar-refractivity contribution >= 4 is 0 Å². The maximum absolute atomic E-state index is 8.95. The van der Waals surface area contributed by atoms with Crippen molar-refractivity contribution in [1.29, 1.82) is 0 Å². The summed E-state index contributed by atoms with van der Waals surface area (Å²) in [7, 11) is 0. The quantitative estimate of drug-likeness (QED) is 0.386. The zero-order valence-electron chi connectivity index (χ0n) is 4.55. The van der Waals surface area contributed by atoms with Gasteiger partial charge in [-0.15, -0.1) is 0 Å². The van der Waals surface area contributed by atoms with Gasteiger partial charge in [-0.25, -0.2) is 0 Å². The molecule has 0 amide bonds. The first-order valence-corrected chi connectivity index (χ1v) is 5.24. The van der Waals surface area contributed by atoms with Crippen LogP contribution in [0.15, 0.2) is 0 Å². The standard InChI is InChI=1S/C5H10IO2/c7-5-2-1-4(5)3-6-8/h4-5,7-8H,1-3H2/q-1/t4-,5-/m1/s1. The molecular weight excluding hydrogens is 219 g/mol. The van der Waals surface area contributed by atoms with Crippen molar-refractivity contribution in [2.75, 3.05) is 4.43 Å². The Balaban J connectivity index is 2.08. The number of hydrogen-bond acceptors (Lipinski definition) is 2. The fraction of sp³-hybridized carbons (Fsp3) is 1.00. The first-order valence-electron chi connectivity index (χ1n) is 2.75. The van der Waals surface area contributed by atoms with Gasteiger partial charge in [-0.3, -0.25) is 0 Å². The third-order valence-corrected chi connectivity index (χ3v) is 3.17. The molecule has 1 saturated carbocycles. The summed E-state index contributed by atoms with van der Waals surface area (Å²) in [6.45, 7) is 0. The monoisotopic (exact) mass is 229 g/mol. The molecule has 1 aliphatic rings. The Morgan fingerprint density at radius 1 is 1.50 bits per heavy atom. The molecule has 0 spiro atoms. The van der Waals surface area contributed by atoms with Gasteiger partial charge in [0.15, 0.2) is 0 Å². The van der Waals surface area contributed by atoms with Crippen LogP contribution >= 0.6 is 0 Å². The molecule has 1 rings (SSSR count). The van der Waals surface area contributed by atoms with Gasteiger partial charge in [0.25, 0.3) is 0 Å². The predicted molar refractivity (Wildman–Crippen MR) is 25.8 cm³/mol. The van der Waals surface area contributed by atoms with Crippen LogP contribution in [0.4, 0.5) is 0 Å². The molecule has 0 aliphatic heterocycles. The number of halogens is 1. The summed E-state index contributed by atoms with van der Waals surface area (Å²) >= 11 is -0.575. The second-order valence-corrected chi connectivity index (χ2v) is 3.74. The van der Waals surface area contributed by atoms with Crippen LogP contribution in [0.2, 0.25) is 0 Å². The van der Waals surface area contributed by atoms with Crippen LogP contribution < -0.4 is 21.6 Å². The third-order valence-electron chi connectivity index (χ3n) is 1.64. The Kier molecular flexibility index (Phi) is 2.52. The van der Waals surface area contributed by atoms with Crippen molar-refractivity contribution in [2.45, 2.75) is 18.9 Å². The predicted octanol–water partition coefficient (Wildman–Crippen LogP) is -3.25. The van der Waals surface area contributed by atoms with Crippen LogP contribution in [0.25, 0.3) is 0 Å². The van der Waals surface area contributed by atoms with E-state index in [0.29, 0.717) is 5.92 Å². The topological polar surface area (TPSA) is 40.5 Å².